The van der Waals surface area contributed by atoms with Crippen molar-refractivity contribution >= 4 is 18.2 Å². The van der Waals surface area contributed by atoms with Crippen LogP contribution in [0.15, 0.2) is 30.3 Å². The van der Waals surface area contributed by atoms with Crippen molar-refractivity contribution in [2.24, 2.45) is 0 Å². The van der Waals surface area contributed by atoms with Gasteiger partial charge in [-0.3, -0.25) is 5.10 Å². The van der Waals surface area contributed by atoms with Crippen LogP contribution in [-0.4, -0.2) is 39.1 Å². The molecule has 8 nitrogen and oxygen atoms in total. The fraction of sp³-hybridized carbons (Fsp3) is 0.316. The number of aromatic amines is 1. The van der Waals surface area contributed by atoms with E-state index in [4.69, 9.17) is 27.5 Å². The van der Waals surface area contributed by atoms with Gasteiger partial charge in [-0.1, -0.05) is 0 Å². The molecule has 0 amide bonds. The van der Waals surface area contributed by atoms with E-state index < -0.39 is 0 Å². The van der Waals surface area contributed by atoms with Crippen molar-refractivity contribution < 1.29 is 14.3 Å². The molecular formula is C19H23N5O3S. The van der Waals surface area contributed by atoms with E-state index in [1.807, 2.05) is 37.3 Å². The standard InChI is InChI=1S/C19H23N5O3S/c1-4-27-18(25)15-11-16(13-5-7-14(26-3)8-6-13)23(12(15)2)10-9-17-21-22-19(28)24(17)20/h5-8,11H,4,9-10,20H2,1-3H3,(H,22,28). The van der Waals surface area contributed by atoms with Gasteiger partial charge in [-0.2, -0.15) is 5.10 Å². The molecule has 28 heavy (non-hydrogen) atoms. The Morgan fingerprint density at radius 1 is 1.32 bits per heavy atom. The molecule has 3 rings (SSSR count). The second-order valence-electron chi connectivity index (χ2n) is 6.19. The number of hydrogen-bond donors (Lipinski definition) is 2. The van der Waals surface area contributed by atoms with Gasteiger partial charge in [-0.25, -0.2) is 9.47 Å². The molecule has 0 bridgehead atoms. The number of esters is 1. The van der Waals surface area contributed by atoms with Crippen molar-refractivity contribution in [2.75, 3.05) is 19.6 Å². The fourth-order valence-corrected chi connectivity index (χ4v) is 3.23. The first-order chi connectivity index (χ1) is 13.5. The quantitative estimate of drug-likeness (QED) is 0.359. The molecular weight excluding hydrogens is 378 g/mol. The van der Waals surface area contributed by atoms with Gasteiger partial charge in [0.25, 0.3) is 0 Å². The van der Waals surface area contributed by atoms with E-state index in [1.54, 1.807) is 14.0 Å². The Hall–Kier alpha value is -3.07. The maximum atomic E-state index is 12.4. The van der Waals surface area contributed by atoms with Gasteiger partial charge in [0.1, 0.15) is 5.75 Å². The molecule has 1 aromatic carbocycles. The monoisotopic (exact) mass is 401 g/mol. The van der Waals surface area contributed by atoms with Gasteiger partial charge < -0.3 is 19.9 Å². The zero-order valence-corrected chi connectivity index (χ0v) is 16.9. The van der Waals surface area contributed by atoms with Crippen LogP contribution in [-0.2, 0) is 17.7 Å². The summed E-state index contributed by atoms with van der Waals surface area (Å²) < 4.78 is 14.2. The van der Waals surface area contributed by atoms with Crippen molar-refractivity contribution in [2.45, 2.75) is 26.8 Å². The smallest absolute Gasteiger partial charge is 0.339 e. The number of hydrogen-bond acceptors (Lipinski definition) is 6. The lowest BCUT2D eigenvalue weighted by molar-refractivity contribution is 0.0525. The summed E-state index contributed by atoms with van der Waals surface area (Å²) in [5.74, 6) is 6.96. The first kappa shape index (κ1) is 19.7. The summed E-state index contributed by atoms with van der Waals surface area (Å²) in [7, 11) is 1.63. The van der Waals surface area contributed by atoms with Crippen LogP contribution < -0.4 is 10.6 Å². The average molecular weight is 401 g/mol. The molecule has 0 unspecified atom stereocenters. The molecule has 0 aliphatic carbocycles. The number of carbonyl (C=O) groups is 1. The first-order valence-electron chi connectivity index (χ1n) is 8.89. The third-order valence-electron chi connectivity index (χ3n) is 4.58. The Kier molecular flexibility index (Phi) is 5.84. The SMILES string of the molecule is CCOC(=O)c1cc(-c2ccc(OC)cc2)n(CCc2n[nH]c(=S)n2N)c1C. The molecule has 0 aliphatic heterocycles. The average Bonchev–Trinajstić information content (AvgIpc) is 3.20. The maximum Gasteiger partial charge on any atom is 0.339 e. The van der Waals surface area contributed by atoms with E-state index in [9.17, 15) is 4.79 Å². The lowest BCUT2D eigenvalue weighted by atomic mass is 10.1. The van der Waals surface area contributed by atoms with Crippen LogP contribution >= 0.6 is 12.2 Å². The number of nitrogens with zero attached hydrogens (tertiary/aromatic N) is 3. The van der Waals surface area contributed by atoms with E-state index in [0.29, 0.717) is 35.7 Å². The number of aryl methyl sites for hydroxylation is 1. The lowest BCUT2D eigenvalue weighted by Crippen LogP contribution is -2.16. The highest BCUT2D eigenvalue weighted by molar-refractivity contribution is 7.71. The van der Waals surface area contributed by atoms with Crippen molar-refractivity contribution in [3.8, 4) is 17.0 Å². The number of methoxy groups -OCH3 is 1. The molecule has 0 saturated heterocycles. The maximum absolute atomic E-state index is 12.4. The largest absolute Gasteiger partial charge is 0.497 e. The molecule has 2 heterocycles. The molecule has 0 spiro atoms. The second kappa shape index (κ2) is 8.30. The van der Waals surface area contributed by atoms with E-state index in [2.05, 4.69) is 14.8 Å². The summed E-state index contributed by atoms with van der Waals surface area (Å²) in [6.45, 7) is 4.59. The van der Waals surface area contributed by atoms with Gasteiger partial charge in [0, 0.05) is 24.4 Å². The summed E-state index contributed by atoms with van der Waals surface area (Å²) in [5.41, 5.74) is 3.23. The molecule has 0 atom stereocenters. The minimum absolute atomic E-state index is 0.323. The molecule has 0 saturated carbocycles. The Morgan fingerprint density at radius 3 is 2.61 bits per heavy atom. The number of H-pyrrole nitrogens is 1. The molecule has 9 heteroatoms. The van der Waals surface area contributed by atoms with Crippen LogP contribution in [0.2, 0.25) is 0 Å². The van der Waals surface area contributed by atoms with E-state index in [0.717, 1.165) is 22.7 Å². The molecule has 3 N–H and O–H groups in total. The molecule has 148 valence electrons. The zero-order chi connectivity index (χ0) is 20.3. The third-order valence-corrected chi connectivity index (χ3v) is 4.87. The van der Waals surface area contributed by atoms with E-state index in [-0.39, 0.29) is 5.97 Å². The molecule has 3 aromatic rings. The zero-order valence-electron chi connectivity index (χ0n) is 16.1. The van der Waals surface area contributed by atoms with Crippen LogP contribution in [0, 0.1) is 11.7 Å². The van der Waals surface area contributed by atoms with Gasteiger partial charge in [0.05, 0.1) is 19.3 Å². The summed E-state index contributed by atoms with van der Waals surface area (Å²) in [6, 6.07) is 9.54. The van der Waals surface area contributed by atoms with Gasteiger partial charge in [0.2, 0.25) is 4.77 Å². The highest BCUT2D eigenvalue weighted by Gasteiger charge is 2.20. The minimum atomic E-state index is -0.338. The van der Waals surface area contributed by atoms with Crippen molar-refractivity contribution in [1.29, 1.82) is 0 Å². The molecule has 0 fully saturated rings. The van der Waals surface area contributed by atoms with Crippen LogP contribution in [0.25, 0.3) is 11.3 Å². The fourth-order valence-electron chi connectivity index (χ4n) is 3.08. The van der Waals surface area contributed by atoms with Gasteiger partial charge in [0.15, 0.2) is 5.82 Å². The van der Waals surface area contributed by atoms with Gasteiger partial charge in [-0.15, -0.1) is 0 Å². The number of carbonyl (C=O) groups excluding carboxylic acids is 1. The predicted molar refractivity (Wildman–Crippen MR) is 108 cm³/mol. The van der Waals surface area contributed by atoms with Crippen LogP contribution in [0.4, 0.5) is 0 Å². The molecule has 0 radical (unpaired) electrons. The Morgan fingerprint density at radius 2 is 2.04 bits per heavy atom. The number of ether oxygens (including phenoxy) is 2. The second-order valence-corrected chi connectivity index (χ2v) is 6.58. The highest BCUT2D eigenvalue weighted by atomic mass is 32.1. The Balaban J connectivity index is 2.00. The first-order valence-corrected chi connectivity index (χ1v) is 9.30. The topological polar surface area (TPSA) is 100 Å². The highest BCUT2D eigenvalue weighted by Crippen LogP contribution is 2.28. The Bertz CT molecular complexity index is 1030. The van der Waals surface area contributed by atoms with Crippen LogP contribution in [0.3, 0.4) is 0 Å². The normalized spacial score (nSPS) is 10.8. The number of rotatable bonds is 7. The van der Waals surface area contributed by atoms with Gasteiger partial charge in [-0.05, 0) is 62.0 Å². The number of nitrogens with two attached hydrogens (primary N) is 1. The summed E-state index contributed by atoms with van der Waals surface area (Å²) in [5, 5.41) is 6.84. The van der Waals surface area contributed by atoms with Crippen LogP contribution in [0.5, 0.6) is 5.75 Å². The number of aromatic nitrogens is 4. The van der Waals surface area contributed by atoms with Crippen molar-refractivity contribution in [1.82, 2.24) is 19.4 Å². The lowest BCUT2D eigenvalue weighted by Gasteiger charge is -2.12. The van der Waals surface area contributed by atoms with E-state index in [1.165, 1.54) is 4.68 Å². The number of nitrogens with one attached hydrogen (secondary N) is 1. The molecule has 0 aliphatic rings. The number of benzene rings is 1. The molecule has 2 aromatic heterocycles. The van der Waals surface area contributed by atoms with Gasteiger partial charge >= 0.3 is 5.97 Å². The van der Waals surface area contributed by atoms with Crippen molar-refractivity contribution in [3.63, 3.8) is 0 Å². The van der Waals surface area contributed by atoms with E-state index >= 15 is 0 Å². The summed E-state index contributed by atoms with van der Waals surface area (Å²) in [6.07, 6.45) is 0.546. The predicted octanol–water partition coefficient (Wildman–Crippen LogP) is 2.86. The Labute approximate surface area is 167 Å². The minimum Gasteiger partial charge on any atom is -0.497 e. The van der Waals surface area contributed by atoms with Crippen molar-refractivity contribution in [3.05, 3.63) is 52.2 Å². The summed E-state index contributed by atoms with van der Waals surface area (Å²) in [4.78, 5) is 12.4. The van der Waals surface area contributed by atoms with Crippen LogP contribution in [0.1, 0.15) is 28.8 Å². The number of nitrogen functional groups attached to an aromatic ring is 1. The third kappa shape index (κ3) is 3.79. The summed E-state index contributed by atoms with van der Waals surface area (Å²) >= 11 is 5.06.